The zero-order valence-corrected chi connectivity index (χ0v) is 20.1. The van der Waals surface area contributed by atoms with Crippen LogP contribution in [0.4, 0.5) is 0 Å². The Morgan fingerprint density at radius 1 is 1.06 bits per heavy atom. The molecule has 1 amide bonds. The molecule has 0 unspecified atom stereocenters. The predicted octanol–water partition coefficient (Wildman–Crippen LogP) is 6.81. The number of benzene rings is 2. The normalized spacial score (nSPS) is 15.0. The van der Waals surface area contributed by atoms with Crippen LogP contribution in [-0.2, 0) is 5.41 Å². The molecular weight excluding hydrogens is 406 g/mol. The van der Waals surface area contributed by atoms with Crippen molar-refractivity contribution < 1.29 is 4.79 Å². The second-order valence-electron chi connectivity index (χ2n) is 7.62. The third-order valence-corrected chi connectivity index (χ3v) is 5.87. The van der Waals surface area contributed by atoms with Crippen molar-refractivity contribution in [2.45, 2.75) is 65.7 Å². The van der Waals surface area contributed by atoms with E-state index in [0.29, 0.717) is 17.1 Å². The maximum atomic E-state index is 12.2. The van der Waals surface area contributed by atoms with Crippen LogP contribution in [0.3, 0.4) is 0 Å². The third-order valence-electron chi connectivity index (χ3n) is 5.56. The fourth-order valence-electron chi connectivity index (χ4n) is 3.47. The lowest BCUT2D eigenvalue weighted by Gasteiger charge is -2.14. The monoisotopic (exact) mass is 439 g/mol. The van der Waals surface area contributed by atoms with Gasteiger partial charge < -0.3 is 5.32 Å². The van der Waals surface area contributed by atoms with Gasteiger partial charge in [0.2, 0.25) is 0 Å². The van der Waals surface area contributed by atoms with Gasteiger partial charge in [0.25, 0.3) is 5.91 Å². The molecule has 1 aliphatic carbocycles. The summed E-state index contributed by atoms with van der Waals surface area (Å²) in [7, 11) is 0. The molecular formula is C26H34ClN3O. The van der Waals surface area contributed by atoms with E-state index in [2.05, 4.69) is 46.7 Å². The summed E-state index contributed by atoms with van der Waals surface area (Å²) in [6, 6.07) is 15.8. The molecule has 1 fully saturated rings. The van der Waals surface area contributed by atoms with Gasteiger partial charge in [0.05, 0.1) is 10.7 Å². The number of halogens is 1. The Balaban J connectivity index is 0.00000166. The van der Waals surface area contributed by atoms with Crippen molar-refractivity contribution in [3.05, 3.63) is 70.2 Å². The highest BCUT2D eigenvalue weighted by atomic mass is 35.5. The molecule has 4 nitrogen and oxygen atoms in total. The van der Waals surface area contributed by atoms with Gasteiger partial charge in [-0.1, -0.05) is 75.2 Å². The van der Waals surface area contributed by atoms with Crippen LogP contribution in [-0.4, -0.2) is 23.9 Å². The molecule has 3 rings (SSSR count). The summed E-state index contributed by atoms with van der Waals surface area (Å²) in [6.07, 6.45) is 4.21. The SMILES string of the molecule is CC.CCCCNC(=O)c1ccc(/C(C)=N/N=C(\C)C2(c3ccccc3)CC2)c(Cl)c1. The minimum Gasteiger partial charge on any atom is -0.352 e. The largest absolute Gasteiger partial charge is 0.352 e. The summed E-state index contributed by atoms with van der Waals surface area (Å²) in [5.74, 6) is -0.103. The van der Waals surface area contributed by atoms with Gasteiger partial charge in [-0.25, -0.2) is 0 Å². The average molecular weight is 440 g/mol. The van der Waals surface area contributed by atoms with Gasteiger partial charge in [0.1, 0.15) is 0 Å². The molecule has 1 aliphatic rings. The van der Waals surface area contributed by atoms with Crippen LogP contribution in [0.1, 0.15) is 81.8 Å². The van der Waals surface area contributed by atoms with Crippen LogP contribution in [0.5, 0.6) is 0 Å². The summed E-state index contributed by atoms with van der Waals surface area (Å²) in [5, 5.41) is 12.4. The van der Waals surface area contributed by atoms with E-state index >= 15 is 0 Å². The maximum absolute atomic E-state index is 12.2. The van der Waals surface area contributed by atoms with E-state index in [0.717, 1.165) is 42.7 Å². The summed E-state index contributed by atoms with van der Waals surface area (Å²) >= 11 is 6.43. The first-order valence-corrected chi connectivity index (χ1v) is 11.6. The quantitative estimate of drug-likeness (QED) is 0.274. The van der Waals surface area contributed by atoms with Gasteiger partial charge >= 0.3 is 0 Å². The standard InChI is InChI=1S/C24H28ClN3O.C2H6/c1-4-5-15-26-23(29)19-11-12-21(22(25)16-19)17(2)27-28-18(3)24(13-14-24)20-9-7-6-8-10-20;1-2/h6-12,16H,4-5,13-15H2,1-3H3,(H,26,29);1-2H3/b27-17+,28-18+;. The minimum absolute atomic E-state index is 0.0231. The van der Waals surface area contributed by atoms with Crippen molar-refractivity contribution >= 4 is 28.9 Å². The highest BCUT2D eigenvalue weighted by Crippen LogP contribution is 2.49. The molecule has 5 heteroatoms. The predicted molar refractivity (Wildman–Crippen MR) is 133 cm³/mol. The highest BCUT2D eigenvalue weighted by molar-refractivity contribution is 6.34. The Bertz CT molecular complexity index is 931. The third kappa shape index (κ3) is 6.27. The smallest absolute Gasteiger partial charge is 0.251 e. The number of nitrogens with zero attached hydrogens (tertiary/aromatic N) is 2. The molecule has 0 bridgehead atoms. The Labute approximate surface area is 191 Å². The van der Waals surface area contributed by atoms with E-state index < -0.39 is 0 Å². The van der Waals surface area contributed by atoms with E-state index in [1.807, 2.05) is 39.8 Å². The number of nitrogens with one attached hydrogen (secondary N) is 1. The second-order valence-corrected chi connectivity index (χ2v) is 8.03. The zero-order valence-electron chi connectivity index (χ0n) is 19.3. The second kappa shape index (κ2) is 11.8. The lowest BCUT2D eigenvalue weighted by molar-refractivity contribution is 0.0953. The number of carbonyl (C=O) groups is 1. The zero-order chi connectivity index (χ0) is 22.9. The van der Waals surface area contributed by atoms with Gasteiger partial charge in [0, 0.05) is 28.8 Å². The fourth-order valence-corrected chi connectivity index (χ4v) is 3.79. The lowest BCUT2D eigenvalue weighted by Crippen LogP contribution is -2.24. The van der Waals surface area contributed by atoms with Crippen molar-refractivity contribution in [3.63, 3.8) is 0 Å². The fraction of sp³-hybridized carbons (Fsp3) is 0.423. The lowest BCUT2D eigenvalue weighted by atomic mass is 9.92. The van der Waals surface area contributed by atoms with Gasteiger partial charge in [-0.3, -0.25) is 4.79 Å². The van der Waals surface area contributed by atoms with Crippen molar-refractivity contribution in [2.24, 2.45) is 10.2 Å². The van der Waals surface area contributed by atoms with E-state index in [9.17, 15) is 4.79 Å². The van der Waals surface area contributed by atoms with Crippen molar-refractivity contribution in [1.82, 2.24) is 5.32 Å². The first-order chi connectivity index (χ1) is 15.0. The summed E-state index contributed by atoms with van der Waals surface area (Å²) in [4.78, 5) is 12.2. The molecule has 2 aromatic carbocycles. The molecule has 0 saturated heterocycles. The van der Waals surface area contributed by atoms with E-state index in [1.54, 1.807) is 12.1 Å². The van der Waals surface area contributed by atoms with Crippen LogP contribution >= 0.6 is 11.6 Å². The maximum Gasteiger partial charge on any atom is 0.251 e. The van der Waals surface area contributed by atoms with E-state index in [4.69, 9.17) is 11.6 Å². The summed E-state index contributed by atoms with van der Waals surface area (Å²) in [5.41, 5.74) is 4.42. The molecule has 31 heavy (non-hydrogen) atoms. The molecule has 0 aromatic heterocycles. The molecule has 0 aliphatic heterocycles. The number of hydrogen-bond donors (Lipinski definition) is 1. The molecule has 1 saturated carbocycles. The van der Waals surface area contributed by atoms with Gasteiger partial charge in [-0.05, 0) is 50.8 Å². The molecule has 0 spiro atoms. The first-order valence-electron chi connectivity index (χ1n) is 11.2. The topological polar surface area (TPSA) is 53.8 Å². The Kier molecular flexibility index (Phi) is 9.44. The Morgan fingerprint density at radius 2 is 1.74 bits per heavy atom. The van der Waals surface area contributed by atoms with Crippen LogP contribution in [0.15, 0.2) is 58.7 Å². The number of amides is 1. The van der Waals surface area contributed by atoms with Gasteiger partial charge in [0.15, 0.2) is 0 Å². The number of carbonyl (C=O) groups excluding carboxylic acids is 1. The van der Waals surface area contributed by atoms with Gasteiger partial charge in [-0.15, -0.1) is 0 Å². The molecule has 166 valence electrons. The Hall–Kier alpha value is -2.46. The highest BCUT2D eigenvalue weighted by Gasteiger charge is 2.47. The minimum atomic E-state index is -0.103. The summed E-state index contributed by atoms with van der Waals surface area (Å²) < 4.78 is 0. The van der Waals surface area contributed by atoms with Crippen molar-refractivity contribution in [3.8, 4) is 0 Å². The van der Waals surface area contributed by atoms with Crippen LogP contribution in [0.2, 0.25) is 5.02 Å². The molecule has 2 aromatic rings. The van der Waals surface area contributed by atoms with Crippen molar-refractivity contribution in [1.29, 1.82) is 0 Å². The molecule has 0 radical (unpaired) electrons. The summed E-state index contributed by atoms with van der Waals surface area (Å²) in [6.45, 7) is 10.7. The number of rotatable bonds is 8. The first kappa shape index (κ1) is 24.8. The molecule has 0 atom stereocenters. The van der Waals surface area contributed by atoms with E-state index in [1.165, 1.54) is 5.56 Å². The van der Waals surface area contributed by atoms with Crippen LogP contribution < -0.4 is 5.32 Å². The van der Waals surface area contributed by atoms with Gasteiger partial charge in [-0.2, -0.15) is 10.2 Å². The van der Waals surface area contributed by atoms with Crippen molar-refractivity contribution in [2.75, 3.05) is 6.54 Å². The van der Waals surface area contributed by atoms with Crippen LogP contribution in [0, 0.1) is 0 Å². The number of hydrogen-bond acceptors (Lipinski definition) is 3. The Morgan fingerprint density at radius 3 is 2.32 bits per heavy atom. The number of unbranched alkanes of at least 4 members (excludes halogenated alkanes) is 1. The van der Waals surface area contributed by atoms with E-state index in [-0.39, 0.29) is 11.3 Å². The van der Waals surface area contributed by atoms with Crippen LogP contribution in [0.25, 0.3) is 0 Å². The molecule has 1 N–H and O–H groups in total. The molecule has 0 heterocycles. The average Bonchev–Trinajstić information content (AvgIpc) is 3.61.